The van der Waals surface area contributed by atoms with Crippen molar-refractivity contribution in [3.05, 3.63) is 34.4 Å². The van der Waals surface area contributed by atoms with Gasteiger partial charge in [0.1, 0.15) is 11.9 Å². The minimum atomic E-state index is -0.710. The van der Waals surface area contributed by atoms with Crippen LogP contribution in [-0.2, 0) is 9.59 Å². The summed E-state index contributed by atoms with van der Waals surface area (Å²) in [5.74, 6) is 3.94. The van der Waals surface area contributed by atoms with E-state index < -0.39 is 11.9 Å². The number of benzene rings is 1. The van der Waals surface area contributed by atoms with Crippen molar-refractivity contribution in [1.82, 2.24) is 20.2 Å². The summed E-state index contributed by atoms with van der Waals surface area (Å²) in [7, 11) is 0. The number of hydrogen-bond acceptors (Lipinski definition) is 6. The van der Waals surface area contributed by atoms with Crippen LogP contribution >= 0.6 is 0 Å². The van der Waals surface area contributed by atoms with Gasteiger partial charge >= 0.3 is 0 Å². The van der Waals surface area contributed by atoms with Crippen LogP contribution in [0.1, 0.15) is 69.7 Å². The summed E-state index contributed by atoms with van der Waals surface area (Å²) in [5, 5.41) is 10.5. The Morgan fingerprint density at radius 3 is 2.41 bits per heavy atom. The fourth-order valence-electron chi connectivity index (χ4n) is 8.52. The van der Waals surface area contributed by atoms with Gasteiger partial charge in [-0.05, 0) is 107 Å². The van der Waals surface area contributed by atoms with Gasteiger partial charge in [0.2, 0.25) is 11.8 Å². The number of rotatable bonds is 7. The molecule has 8 heteroatoms. The first-order valence-electron chi connectivity index (χ1n) is 14.2. The summed E-state index contributed by atoms with van der Waals surface area (Å²) in [4.78, 5) is 42.4. The van der Waals surface area contributed by atoms with E-state index >= 15 is 0 Å². The van der Waals surface area contributed by atoms with Crippen LogP contribution in [0.5, 0.6) is 0 Å². The SMILES string of the molecule is Cc1nc2cccc(NCC3CC3CNC34CC5CC(CC(C5)C3)C4)c2c(=O)n1C1CCC(=O)NC1=O. The molecule has 5 saturated carbocycles. The molecular weight excluding hydrogens is 466 g/mol. The van der Waals surface area contributed by atoms with Crippen LogP contribution in [0, 0.1) is 36.5 Å². The molecule has 1 aromatic heterocycles. The van der Waals surface area contributed by atoms with Crippen molar-refractivity contribution >= 4 is 28.4 Å². The summed E-state index contributed by atoms with van der Waals surface area (Å²) < 4.78 is 1.46. The van der Waals surface area contributed by atoms with Crippen LogP contribution in [0.25, 0.3) is 10.9 Å². The van der Waals surface area contributed by atoms with Crippen molar-refractivity contribution in [3.8, 4) is 0 Å². The largest absolute Gasteiger partial charge is 0.384 e. The summed E-state index contributed by atoms with van der Waals surface area (Å²) in [6.07, 6.45) is 10.3. The van der Waals surface area contributed by atoms with Crippen molar-refractivity contribution in [3.63, 3.8) is 0 Å². The van der Waals surface area contributed by atoms with Crippen molar-refractivity contribution in [1.29, 1.82) is 0 Å². The van der Waals surface area contributed by atoms with Gasteiger partial charge in [0.25, 0.3) is 5.56 Å². The average molecular weight is 504 g/mol. The van der Waals surface area contributed by atoms with Crippen molar-refractivity contribution < 1.29 is 9.59 Å². The Kier molecular flexibility index (Phi) is 5.47. The number of nitrogens with zero attached hydrogens (tertiary/aromatic N) is 2. The average Bonchev–Trinajstić information content (AvgIpc) is 3.60. The summed E-state index contributed by atoms with van der Waals surface area (Å²) in [6, 6.07) is 4.99. The smallest absolute Gasteiger partial charge is 0.264 e. The van der Waals surface area contributed by atoms with Gasteiger partial charge in [0.15, 0.2) is 0 Å². The second-order valence-electron chi connectivity index (χ2n) is 12.7. The van der Waals surface area contributed by atoms with Crippen molar-refractivity contribution in [2.45, 2.75) is 76.3 Å². The first-order valence-corrected chi connectivity index (χ1v) is 14.2. The predicted octanol–water partition coefficient (Wildman–Crippen LogP) is 3.29. The number of amides is 2. The van der Waals surface area contributed by atoms with Crippen molar-refractivity contribution in [2.24, 2.45) is 29.6 Å². The molecule has 3 N–H and O–H groups in total. The summed E-state index contributed by atoms with van der Waals surface area (Å²) >= 11 is 0. The number of fused-ring (bicyclic) bond motifs is 1. The molecule has 4 bridgehead atoms. The molecule has 196 valence electrons. The lowest BCUT2D eigenvalue weighted by molar-refractivity contribution is -0.135. The highest BCUT2D eigenvalue weighted by atomic mass is 16.2. The molecule has 0 radical (unpaired) electrons. The van der Waals surface area contributed by atoms with Crippen molar-refractivity contribution in [2.75, 3.05) is 18.4 Å². The normalized spacial score (nSPS) is 36.1. The molecule has 1 aromatic carbocycles. The van der Waals surface area contributed by atoms with Gasteiger partial charge in [-0.15, -0.1) is 0 Å². The molecule has 37 heavy (non-hydrogen) atoms. The van der Waals surface area contributed by atoms with E-state index in [-0.39, 0.29) is 17.9 Å². The zero-order valence-electron chi connectivity index (χ0n) is 21.6. The number of anilines is 1. The van der Waals surface area contributed by atoms with Crippen LogP contribution in [-0.4, -0.2) is 40.0 Å². The zero-order valence-corrected chi connectivity index (χ0v) is 21.6. The van der Waals surface area contributed by atoms with Crippen LogP contribution in [0.4, 0.5) is 5.69 Å². The monoisotopic (exact) mass is 503 g/mol. The van der Waals surface area contributed by atoms with E-state index in [0.29, 0.717) is 40.5 Å². The van der Waals surface area contributed by atoms with E-state index in [1.54, 1.807) is 6.92 Å². The Morgan fingerprint density at radius 2 is 1.70 bits per heavy atom. The molecule has 8 nitrogen and oxygen atoms in total. The third-order valence-electron chi connectivity index (χ3n) is 10.0. The Balaban J connectivity index is 1.03. The van der Waals surface area contributed by atoms with Gasteiger partial charge < -0.3 is 10.6 Å². The topological polar surface area (TPSA) is 105 Å². The van der Waals surface area contributed by atoms with E-state index in [1.807, 2.05) is 18.2 Å². The Morgan fingerprint density at radius 1 is 1.00 bits per heavy atom. The maximum Gasteiger partial charge on any atom is 0.264 e. The van der Waals surface area contributed by atoms with Crippen LogP contribution in [0.2, 0.25) is 0 Å². The minimum absolute atomic E-state index is 0.223. The van der Waals surface area contributed by atoms with Crippen LogP contribution in [0.15, 0.2) is 23.0 Å². The van der Waals surface area contributed by atoms with Gasteiger partial charge in [-0.3, -0.25) is 24.3 Å². The first kappa shape index (κ1) is 23.4. The fraction of sp³-hybridized carbons (Fsp3) is 0.655. The lowest BCUT2D eigenvalue weighted by atomic mass is 9.53. The Hall–Kier alpha value is -2.74. The van der Waals surface area contributed by atoms with Crippen LogP contribution in [0.3, 0.4) is 0 Å². The molecule has 3 atom stereocenters. The first-order chi connectivity index (χ1) is 17.9. The second-order valence-corrected chi connectivity index (χ2v) is 12.7. The Labute approximate surface area is 217 Å². The number of carbonyl (C=O) groups excluding carboxylic acids is 2. The number of carbonyl (C=O) groups is 2. The predicted molar refractivity (Wildman–Crippen MR) is 141 cm³/mol. The van der Waals surface area contributed by atoms with Gasteiger partial charge in [0, 0.05) is 24.2 Å². The molecule has 6 aliphatic rings. The molecule has 6 fully saturated rings. The quantitative estimate of drug-likeness (QED) is 0.501. The maximum absolute atomic E-state index is 13.6. The number of aromatic nitrogens is 2. The molecule has 3 unspecified atom stereocenters. The number of hydrogen-bond donors (Lipinski definition) is 3. The zero-order chi connectivity index (χ0) is 25.3. The minimum Gasteiger partial charge on any atom is -0.384 e. The van der Waals surface area contributed by atoms with Crippen LogP contribution < -0.4 is 21.5 Å². The number of aryl methyl sites for hydroxylation is 1. The lowest BCUT2D eigenvalue weighted by Gasteiger charge is -2.57. The standard InChI is InChI=1S/C29H37N5O3/c1-16-32-23-4-2-3-22(26(23)28(37)34(16)24-5-6-25(35)33-27(24)36)30-14-20-10-21(20)15-31-29-11-17-7-18(12-29)9-19(8-17)13-29/h2-4,17-21,24,30-31H,5-15H2,1H3,(H,33,35,36). The molecule has 8 rings (SSSR count). The van der Waals surface area contributed by atoms with Gasteiger partial charge in [-0.25, -0.2) is 4.98 Å². The highest BCUT2D eigenvalue weighted by Gasteiger charge is 2.51. The van der Waals surface area contributed by atoms with E-state index in [0.717, 1.165) is 36.5 Å². The molecule has 2 aromatic rings. The van der Waals surface area contributed by atoms with Gasteiger partial charge in [-0.2, -0.15) is 0 Å². The number of piperidine rings is 1. The molecular formula is C29H37N5O3. The highest BCUT2D eigenvalue weighted by Crippen LogP contribution is 2.56. The molecule has 2 amide bonds. The lowest BCUT2D eigenvalue weighted by Crippen LogP contribution is -2.58. The van der Waals surface area contributed by atoms with Gasteiger partial charge in [0.05, 0.1) is 10.9 Å². The number of imide groups is 1. The third-order valence-corrected chi connectivity index (χ3v) is 10.0. The molecule has 1 aliphatic heterocycles. The maximum atomic E-state index is 13.6. The van der Waals surface area contributed by atoms with Gasteiger partial charge in [-0.1, -0.05) is 6.07 Å². The fourth-order valence-corrected chi connectivity index (χ4v) is 8.52. The van der Waals surface area contributed by atoms with E-state index in [9.17, 15) is 14.4 Å². The van der Waals surface area contributed by atoms with E-state index in [4.69, 9.17) is 0 Å². The third kappa shape index (κ3) is 4.17. The highest BCUT2D eigenvalue weighted by molar-refractivity contribution is 5.99. The second kappa shape index (κ2) is 8.65. The summed E-state index contributed by atoms with van der Waals surface area (Å²) in [5.41, 5.74) is 1.59. The van der Waals surface area contributed by atoms with E-state index in [1.165, 1.54) is 49.5 Å². The Bertz CT molecular complexity index is 1300. The molecule has 5 aliphatic carbocycles. The molecule has 0 spiro atoms. The number of nitrogens with one attached hydrogen (secondary N) is 3. The molecule has 2 heterocycles. The summed E-state index contributed by atoms with van der Waals surface area (Å²) in [6.45, 7) is 3.69. The molecule has 1 saturated heterocycles. The van der Waals surface area contributed by atoms with E-state index in [2.05, 4.69) is 20.9 Å².